The van der Waals surface area contributed by atoms with Crippen molar-refractivity contribution in [2.24, 2.45) is 5.41 Å². The molecule has 7 heteroatoms. The van der Waals surface area contributed by atoms with Crippen LogP contribution in [0.5, 0.6) is 0 Å². The van der Waals surface area contributed by atoms with E-state index in [9.17, 15) is 14.9 Å². The van der Waals surface area contributed by atoms with Crippen molar-refractivity contribution in [3.63, 3.8) is 0 Å². The highest BCUT2D eigenvalue weighted by Gasteiger charge is 2.37. The van der Waals surface area contributed by atoms with E-state index < -0.39 is 10.3 Å². The van der Waals surface area contributed by atoms with Gasteiger partial charge in [0.2, 0.25) is 5.91 Å². The maximum Gasteiger partial charge on any atom is 0.288 e. The minimum Gasteiger partial charge on any atom is -0.326 e. The molecule has 114 valence electrons. The minimum absolute atomic E-state index is 0.0186. The molecule has 1 atom stereocenters. The van der Waals surface area contributed by atoms with Crippen LogP contribution in [0.15, 0.2) is 18.2 Å². The second kappa shape index (κ2) is 6.41. The zero-order valence-corrected chi connectivity index (χ0v) is 12.6. The van der Waals surface area contributed by atoms with Crippen LogP contribution in [0.3, 0.4) is 0 Å². The van der Waals surface area contributed by atoms with E-state index in [-0.39, 0.29) is 16.6 Å². The van der Waals surface area contributed by atoms with Gasteiger partial charge in [0.25, 0.3) is 5.69 Å². The molecule has 0 bridgehead atoms. The molecule has 2 N–H and O–H groups in total. The number of anilines is 1. The first kappa shape index (κ1) is 15.7. The maximum atomic E-state index is 12.5. The number of piperidine rings is 1. The molecular weight excluding hydrogens is 294 g/mol. The Morgan fingerprint density at radius 3 is 2.86 bits per heavy atom. The molecule has 1 aromatic rings. The van der Waals surface area contributed by atoms with E-state index in [1.165, 1.54) is 18.2 Å². The monoisotopic (exact) mass is 311 g/mol. The lowest BCUT2D eigenvalue weighted by molar-refractivity contribution is -0.384. The molecule has 1 heterocycles. The Balaban J connectivity index is 2.15. The van der Waals surface area contributed by atoms with Gasteiger partial charge < -0.3 is 10.6 Å². The molecule has 1 aliphatic rings. The van der Waals surface area contributed by atoms with Gasteiger partial charge in [0.1, 0.15) is 5.02 Å². The van der Waals surface area contributed by atoms with Crippen LogP contribution >= 0.6 is 11.6 Å². The summed E-state index contributed by atoms with van der Waals surface area (Å²) in [5, 5.41) is 16.8. The number of hydrogen-bond acceptors (Lipinski definition) is 4. The van der Waals surface area contributed by atoms with Crippen LogP contribution in [0, 0.1) is 15.5 Å². The van der Waals surface area contributed by atoms with Crippen molar-refractivity contribution in [1.82, 2.24) is 5.32 Å². The van der Waals surface area contributed by atoms with Crippen molar-refractivity contribution in [3.05, 3.63) is 33.3 Å². The van der Waals surface area contributed by atoms with Gasteiger partial charge in [-0.15, -0.1) is 0 Å². The van der Waals surface area contributed by atoms with E-state index in [1.54, 1.807) is 0 Å². The molecule has 2 rings (SSSR count). The van der Waals surface area contributed by atoms with Crippen LogP contribution in [0.2, 0.25) is 5.02 Å². The molecule has 6 nitrogen and oxygen atoms in total. The molecule has 0 aliphatic carbocycles. The standard InChI is InChI=1S/C14H18ClN3O3/c1-2-14(6-3-7-16-9-14)13(19)17-10-4-5-12(18(20)21)11(15)8-10/h4-5,8,16H,2-3,6-7,9H2,1H3,(H,17,19). The van der Waals surface area contributed by atoms with E-state index in [0.29, 0.717) is 12.2 Å². The second-order valence-electron chi connectivity index (χ2n) is 5.29. The second-order valence-corrected chi connectivity index (χ2v) is 5.70. The third-order valence-electron chi connectivity index (χ3n) is 4.03. The molecule has 21 heavy (non-hydrogen) atoms. The number of carbonyl (C=O) groups is 1. The maximum absolute atomic E-state index is 12.5. The van der Waals surface area contributed by atoms with Crippen LogP contribution < -0.4 is 10.6 Å². The van der Waals surface area contributed by atoms with E-state index in [4.69, 9.17) is 11.6 Å². The van der Waals surface area contributed by atoms with E-state index in [1.807, 2.05) is 6.92 Å². The van der Waals surface area contributed by atoms with Gasteiger partial charge in [-0.2, -0.15) is 0 Å². The number of rotatable bonds is 4. The Labute approximate surface area is 128 Å². The molecule has 0 radical (unpaired) electrons. The lowest BCUT2D eigenvalue weighted by Gasteiger charge is -2.35. The first-order valence-electron chi connectivity index (χ1n) is 6.94. The van der Waals surface area contributed by atoms with Crippen molar-refractivity contribution in [2.45, 2.75) is 26.2 Å². The van der Waals surface area contributed by atoms with Crippen molar-refractivity contribution < 1.29 is 9.72 Å². The summed E-state index contributed by atoms with van der Waals surface area (Å²) in [6, 6.07) is 4.22. The van der Waals surface area contributed by atoms with Gasteiger partial charge in [0.15, 0.2) is 0 Å². The third kappa shape index (κ3) is 3.33. The average Bonchev–Trinajstić information content (AvgIpc) is 2.47. The third-order valence-corrected chi connectivity index (χ3v) is 4.34. The summed E-state index contributed by atoms with van der Waals surface area (Å²) in [7, 11) is 0. The number of halogens is 1. The predicted octanol–water partition coefficient (Wildman–Crippen LogP) is 2.97. The van der Waals surface area contributed by atoms with Crippen LogP contribution in [0.1, 0.15) is 26.2 Å². The lowest BCUT2D eigenvalue weighted by atomic mass is 9.77. The van der Waals surface area contributed by atoms with Gasteiger partial charge in [0, 0.05) is 18.3 Å². The minimum atomic E-state index is -0.549. The van der Waals surface area contributed by atoms with Gasteiger partial charge in [-0.05, 0) is 37.9 Å². The normalized spacial score (nSPS) is 21.8. The SMILES string of the molecule is CCC1(C(=O)Nc2ccc([N+](=O)[O-])c(Cl)c2)CCCNC1. The van der Waals surface area contributed by atoms with Crippen LogP contribution in [0.4, 0.5) is 11.4 Å². The molecular formula is C14H18ClN3O3. The molecule has 1 amide bonds. The summed E-state index contributed by atoms with van der Waals surface area (Å²) >= 11 is 5.86. The van der Waals surface area contributed by atoms with Crippen molar-refractivity contribution in [2.75, 3.05) is 18.4 Å². The number of benzene rings is 1. The molecule has 1 fully saturated rings. The van der Waals surface area contributed by atoms with Crippen LogP contribution in [-0.2, 0) is 4.79 Å². The van der Waals surface area contributed by atoms with Gasteiger partial charge in [-0.1, -0.05) is 18.5 Å². The highest BCUT2D eigenvalue weighted by molar-refractivity contribution is 6.33. The van der Waals surface area contributed by atoms with E-state index >= 15 is 0 Å². The average molecular weight is 312 g/mol. The summed E-state index contributed by atoms with van der Waals surface area (Å²) < 4.78 is 0. The van der Waals surface area contributed by atoms with Crippen molar-refractivity contribution in [3.8, 4) is 0 Å². The number of amides is 1. The number of carbonyl (C=O) groups excluding carboxylic acids is 1. The van der Waals surface area contributed by atoms with Gasteiger partial charge in [-0.3, -0.25) is 14.9 Å². The van der Waals surface area contributed by atoms with Crippen molar-refractivity contribution in [1.29, 1.82) is 0 Å². The summed E-state index contributed by atoms with van der Waals surface area (Å²) in [6.45, 7) is 3.57. The molecule has 1 unspecified atom stereocenters. The molecule has 0 saturated carbocycles. The summed E-state index contributed by atoms with van der Waals surface area (Å²) in [5.41, 5.74) is -0.111. The fourth-order valence-corrected chi connectivity index (χ4v) is 2.87. The highest BCUT2D eigenvalue weighted by Crippen LogP contribution is 2.33. The number of nitrogens with one attached hydrogen (secondary N) is 2. The van der Waals surface area contributed by atoms with E-state index in [0.717, 1.165) is 25.8 Å². The zero-order valence-electron chi connectivity index (χ0n) is 11.8. The van der Waals surface area contributed by atoms with Crippen molar-refractivity contribution >= 4 is 28.9 Å². The first-order valence-corrected chi connectivity index (χ1v) is 7.32. The first-order chi connectivity index (χ1) is 9.98. The largest absolute Gasteiger partial charge is 0.326 e. The number of nitro benzene ring substituents is 1. The Morgan fingerprint density at radius 1 is 1.57 bits per heavy atom. The Kier molecular flexibility index (Phi) is 4.80. The highest BCUT2D eigenvalue weighted by atomic mass is 35.5. The van der Waals surface area contributed by atoms with Crippen LogP contribution in [0.25, 0.3) is 0 Å². The Hall–Kier alpha value is -1.66. The molecule has 1 saturated heterocycles. The Bertz CT molecular complexity index is 556. The van der Waals surface area contributed by atoms with Gasteiger partial charge in [-0.25, -0.2) is 0 Å². The van der Waals surface area contributed by atoms with Crippen LogP contribution in [-0.4, -0.2) is 23.9 Å². The fraction of sp³-hybridized carbons (Fsp3) is 0.500. The quantitative estimate of drug-likeness (QED) is 0.661. The smallest absolute Gasteiger partial charge is 0.288 e. The zero-order chi connectivity index (χ0) is 15.5. The molecule has 0 aromatic heterocycles. The summed E-state index contributed by atoms with van der Waals surface area (Å²) in [6.07, 6.45) is 2.54. The number of nitro groups is 1. The number of nitrogens with zero attached hydrogens (tertiary/aromatic N) is 1. The molecule has 0 spiro atoms. The van der Waals surface area contributed by atoms with Gasteiger partial charge in [0.05, 0.1) is 10.3 Å². The Morgan fingerprint density at radius 2 is 2.33 bits per heavy atom. The fourth-order valence-electron chi connectivity index (χ4n) is 2.62. The molecule has 1 aliphatic heterocycles. The molecule has 1 aromatic carbocycles. The lowest BCUT2D eigenvalue weighted by Crippen LogP contribution is -2.47. The summed E-state index contributed by atoms with van der Waals surface area (Å²) in [4.78, 5) is 22.7. The van der Waals surface area contributed by atoms with Gasteiger partial charge >= 0.3 is 0 Å². The number of hydrogen-bond donors (Lipinski definition) is 2. The topological polar surface area (TPSA) is 84.3 Å². The summed E-state index contributed by atoms with van der Waals surface area (Å²) in [5.74, 6) is -0.0675. The predicted molar refractivity (Wildman–Crippen MR) is 81.6 cm³/mol. The van der Waals surface area contributed by atoms with E-state index in [2.05, 4.69) is 10.6 Å².